The number of rotatable bonds is 0. The second-order valence-corrected chi connectivity index (χ2v) is 6.89. The van der Waals surface area contributed by atoms with E-state index in [9.17, 15) is 0 Å². The van der Waals surface area contributed by atoms with Crippen LogP contribution in [-0.4, -0.2) is 23.3 Å². The smallest absolute Gasteiger partial charge is 0.474 e. The summed E-state index contributed by atoms with van der Waals surface area (Å²) >= 11 is 9.12. The number of hydrogen-bond acceptors (Lipinski definition) is 2. The van der Waals surface area contributed by atoms with Crippen molar-refractivity contribution >= 4 is 29.2 Å². The largest absolute Gasteiger partial charge is 3.00 e. The summed E-state index contributed by atoms with van der Waals surface area (Å²) in [5, 5.41) is 0. The molecule has 0 aliphatic heterocycles. The minimum atomic E-state index is 0. The van der Waals surface area contributed by atoms with E-state index in [1.807, 2.05) is 104 Å². The van der Waals surface area contributed by atoms with Crippen LogP contribution in [0.5, 0.6) is 0 Å². The molecule has 0 aromatic rings. The first kappa shape index (κ1) is 40.1. The zero-order valence-corrected chi connectivity index (χ0v) is 24.0. The Bertz CT molecular complexity index is 301. The molecule has 4 aliphatic carbocycles. The van der Waals surface area contributed by atoms with Crippen molar-refractivity contribution < 1.29 is 56.5 Å². The van der Waals surface area contributed by atoms with Gasteiger partial charge in [0.05, 0.1) is 0 Å². The van der Waals surface area contributed by atoms with Crippen LogP contribution < -0.4 is 0 Å². The van der Waals surface area contributed by atoms with E-state index >= 15 is 0 Å². The van der Waals surface area contributed by atoms with Crippen molar-refractivity contribution in [1.29, 1.82) is 0 Å². The van der Waals surface area contributed by atoms with Crippen molar-refractivity contribution in [2.75, 3.05) is 14.1 Å². The molecule has 0 spiro atoms. The molecule has 0 atom stereocenters. The predicted octanol–water partition coefficient (Wildman–Crippen LogP) is 4.99. The molecule has 0 saturated heterocycles. The van der Waals surface area contributed by atoms with E-state index in [1.54, 1.807) is 4.90 Å². The average molecular weight is 715 g/mol. The summed E-state index contributed by atoms with van der Waals surface area (Å²) in [5.41, 5.74) is 0. The normalized spacial score (nSPS) is 19.1. The van der Waals surface area contributed by atoms with Crippen LogP contribution in [0.4, 0.5) is 0 Å². The first-order chi connectivity index (χ1) is 13.4. The molecule has 0 N–H and O–H groups in total. The van der Waals surface area contributed by atoms with E-state index in [4.69, 9.17) is 0 Å². The molecule has 0 aromatic heterocycles. The molecular weight excluding hydrogens is 687 g/mol. The van der Waals surface area contributed by atoms with Gasteiger partial charge in [-0.15, -0.1) is 0 Å². The Kier molecular flexibility index (Phi) is 38.7. The topological polar surface area (TPSA) is 3.24 Å². The maximum atomic E-state index is 4.56. The molecule has 0 unspecified atom stereocenters. The van der Waals surface area contributed by atoms with Gasteiger partial charge >= 0.3 is 22.4 Å². The van der Waals surface area contributed by atoms with E-state index in [0.717, 1.165) is 0 Å². The fourth-order valence-corrected chi connectivity index (χ4v) is 1.48. The second-order valence-electron chi connectivity index (χ2n) is 5.86. The molecule has 4 rings (SSSR count). The van der Waals surface area contributed by atoms with Crippen LogP contribution >= 0.6 is 12.2 Å². The van der Waals surface area contributed by atoms with Gasteiger partial charge < -0.3 is 42.6 Å². The van der Waals surface area contributed by atoms with E-state index < -0.39 is 0 Å². The third-order valence-electron chi connectivity index (χ3n) is 3.00. The summed E-state index contributed by atoms with van der Waals surface area (Å²) in [6.45, 7) is 4.14. The monoisotopic (exact) mass is 715 g/mol. The summed E-state index contributed by atoms with van der Waals surface area (Å²) in [7, 11) is 3.66. The van der Waals surface area contributed by atoms with Crippen LogP contribution in [-0.2, 0) is 69.1 Å². The Morgan fingerprint density at radius 3 is 1.26 bits per heavy atom. The van der Waals surface area contributed by atoms with Gasteiger partial charge in [-0.05, 0) is 63.7 Å². The van der Waals surface area contributed by atoms with Gasteiger partial charge in [-0.2, -0.15) is 0 Å². The van der Waals surface area contributed by atoms with Crippen molar-refractivity contribution in [2.45, 2.75) is 13.8 Å². The van der Waals surface area contributed by atoms with Crippen molar-refractivity contribution in [1.82, 2.24) is 4.90 Å². The molecule has 0 bridgehead atoms. The minimum absolute atomic E-state index is 0. The molecule has 4 saturated carbocycles. The zero-order valence-electron chi connectivity index (χ0n) is 18.0. The van der Waals surface area contributed by atoms with Gasteiger partial charge in [0.1, 0.15) is 0 Å². The van der Waals surface area contributed by atoms with Gasteiger partial charge in [0.25, 0.3) is 0 Å². The molecular formula is C25H28AuFe2NS2. The predicted molar refractivity (Wildman–Crippen MR) is 127 cm³/mol. The van der Waals surface area contributed by atoms with Crippen LogP contribution in [0.1, 0.15) is 13.8 Å². The van der Waals surface area contributed by atoms with Crippen molar-refractivity contribution in [2.24, 2.45) is 0 Å². The summed E-state index contributed by atoms with van der Waals surface area (Å²) in [4.78, 5) is 1.71. The number of nitrogens with zero attached hydrogens (tertiary/aromatic N) is 1. The first-order valence-electron chi connectivity index (χ1n) is 8.84. The third-order valence-corrected chi connectivity index (χ3v) is 3.73. The van der Waals surface area contributed by atoms with E-state index in [0.29, 0.717) is 4.32 Å². The standard InChI is InChI=1S/C6H7.C6H6.C5H5.C5H4.C3H7NS2.Au.2Fe/c2*1-6-4-2-3-5-6;2*1-2-4-5-3-1;1-4(2)3(5)6;;;/h2-5H,1H3;2,4-5H,1H3;1-5H;1-4H;1-2H3,(H,5,6);;;/q;-1;;-1;;+3;;/p-1. The zero-order chi connectivity index (χ0) is 21.0. The fraction of sp³-hybridized carbons (Fsp3) is 0.160. The molecule has 20 radical (unpaired) electrons. The molecule has 172 valence electrons. The van der Waals surface area contributed by atoms with Crippen LogP contribution in [0.2, 0.25) is 0 Å². The van der Waals surface area contributed by atoms with Gasteiger partial charge in [-0.3, -0.25) is 0 Å². The molecule has 4 aliphatic rings. The summed E-state index contributed by atoms with van der Waals surface area (Å²) in [6.07, 6.45) is 37.6. The maximum absolute atomic E-state index is 4.56. The quantitative estimate of drug-likeness (QED) is 0.151. The molecule has 0 heterocycles. The molecule has 1 nitrogen and oxygen atoms in total. The maximum Gasteiger partial charge on any atom is 3.00 e. The Hall–Kier alpha value is 1.89. The second kappa shape index (κ2) is 29.9. The summed E-state index contributed by atoms with van der Waals surface area (Å²) in [5.74, 6) is 2.63. The van der Waals surface area contributed by atoms with Crippen LogP contribution in [0.15, 0.2) is 0 Å². The van der Waals surface area contributed by atoms with Crippen LogP contribution in [0.25, 0.3) is 0 Å². The van der Waals surface area contributed by atoms with Gasteiger partial charge in [-0.25, -0.2) is 25.7 Å². The van der Waals surface area contributed by atoms with Gasteiger partial charge in [0.2, 0.25) is 0 Å². The third kappa shape index (κ3) is 31.9. The first-order valence-corrected chi connectivity index (χ1v) is 9.65. The van der Waals surface area contributed by atoms with Crippen molar-refractivity contribution in [3.05, 3.63) is 127 Å². The van der Waals surface area contributed by atoms with Crippen molar-refractivity contribution in [3.63, 3.8) is 0 Å². The van der Waals surface area contributed by atoms with Gasteiger partial charge in [0, 0.05) is 48.2 Å². The summed E-state index contributed by atoms with van der Waals surface area (Å²) in [6, 6.07) is 0. The van der Waals surface area contributed by atoms with Crippen LogP contribution in [0, 0.1) is 127 Å². The SMILES string of the molecule is CN(C)C(=S)[S-].C[C]1[CH][C-][CH][CH]1.C[C]1[CH][CH][CH][CH]1.[Au+3].[C-]1[CH][CH][CH][CH]1.[CH]1[CH][CH][CH][CH]1.[Fe].[Fe]. The molecule has 6 heteroatoms. The molecule has 31 heavy (non-hydrogen) atoms. The summed E-state index contributed by atoms with van der Waals surface area (Å²) < 4.78 is 0.509. The number of hydrogen-bond donors (Lipinski definition) is 0. The van der Waals surface area contributed by atoms with Gasteiger partial charge in [0.15, 0.2) is 0 Å². The number of thiocarbonyl (C=S) groups is 1. The Morgan fingerprint density at radius 2 is 1.13 bits per heavy atom. The average Bonchev–Trinajstić information content (AvgIpc) is 3.45. The molecule has 4 fully saturated rings. The van der Waals surface area contributed by atoms with Crippen LogP contribution in [0.3, 0.4) is 0 Å². The Labute approximate surface area is 244 Å². The van der Waals surface area contributed by atoms with E-state index in [1.165, 1.54) is 11.8 Å². The van der Waals surface area contributed by atoms with Gasteiger partial charge in [-0.1, -0.05) is 43.3 Å². The fourth-order valence-electron chi connectivity index (χ4n) is 1.48. The van der Waals surface area contributed by atoms with Crippen molar-refractivity contribution in [3.8, 4) is 0 Å². The van der Waals surface area contributed by atoms with E-state index in [2.05, 4.69) is 64.4 Å². The van der Waals surface area contributed by atoms with E-state index in [-0.39, 0.29) is 56.5 Å². The minimum Gasteiger partial charge on any atom is -0.474 e. The molecule has 0 amide bonds. The Balaban J connectivity index is -0.000000144. The molecule has 0 aromatic carbocycles. The Morgan fingerprint density at radius 1 is 0.710 bits per heavy atom.